The Kier molecular flexibility index (Phi) is 7.15. The van der Waals surface area contributed by atoms with Gasteiger partial charge in [0.2, 0.25) is 5.91 Å². The summed E-state index contributed by atoms with van der Waals surface area (Å²) in [4.78, 5) is 11.7. The number of carbonyl (C=O) groups excluding carboxylic acids is 1. The molecule has 0 bridgehead atoms. The Labute approximate surface area is 120 Å². The van der Waals surface area contributed by atoms with Gasteiger partial charge >= 0.3 is 0 Å². The van der Waals surface area contributed by atoms with E-state index in [0.717, 1.165) is 28.9 Å². The summed E-state index contributed by atoms with van der Waals surface area (Å²) in [6.45, 7) is 0.734. The Bertz CT molecular complexity index is 402. The zero-order chi connectivity index (χ0) is 13.4. The highest BCUT2D eigenvalue weighted by molar-refractivity contribution is 9.10. The highest BCUT2D eigenvalue weighted by Gasteiger charge is 2.05. The zero-order valence-electron chi connectivity index (χ0n) is 10.2. The average molecular weight is 333 g/mol. The second-order valence-electron chi connectivity index (χ2n) is 3.69. The lowest BCUT2D eigenvalue weighted by Crippen LogP contribution is -2.14. The Morgan fingerprint density at radius 3 is 3.00 bits per heavy atom. The third kappa shape index (κ3) is 5.75. The highest BCUT2D eigenvalue weighted by atomic mass is 79.9. The van der Waals surface area contributed by atoms with Crippen LogP contribution in [0.15, 0.2) is 22.7 Å². The average Bonchev–Trinajstić information content (AvgIpc) is 2.32. The molecule has 1 rings (SSSR count). The minimum Gasteiger partial charge on any atom is -0.399 e. The number of hydrogen-bond donors (Lipinski definition) is 2. The lowest BCUT2D eigenvalue weighted by Gasteiger charge is -2.07. The van der Waals surface area contributed by atoms with Crippen LogP contribution in [0.1, 0.15) is 6.42 Å². The van der Waals surface area contributed by atoms with Crippen molar-refractivity contribution in [1.29, 1.82) is 0 Å². The SMILES string of the molecule is COCCCSCC(=O)Nc1ccc(N)cc1Br. The molecule has 0 unspecified atom stereocenters. The number of methoxy groups -OCH3 is 1. The van der Waals surface area contributed by atoms with Crippen molar-refractivity contribution in [2.24, 2.45) is 0 Å². The van der Waals surface area contributed by atoms with Gasteiger partial charge in [-0.25, -0.2) is 0 Å². The second-order valence-corrected chi connectivity index (χ2v) is 5.65. The molecule has 0 radical (unpaired) electrons. The molecule has 0 aliphatic carbocycles. The fourth-order valence-corrected chi connectivity index (χ4v) is 2.51. The number of hydrogen-bond acceptors (Lipinski definition) is 4. The number of nitrogens with one attached hydrogen (secondary N) is 1. The molecule has 6 heteroatoms. The summed E-state index contributed by atoms with van der Waals surface area (Å²) < 4.78 is 5.73. The van der Waals surface area contributed by atoms with Gasteiger partial charge in [0, 0.05) is 23.9 Å². The van der Waals surface area contributed by atoms with E-state index in [1.165, 1.54) is 0 Å². The number of amides is 1. The van der Waals surface area contributed by atoms with Gasteiger partial charge in [-0.15, -0.1) is 0 Å². The Morgan fingerprint density at radius 1 is 1.56 bits per heavy atom. The number of rotatable bonds is 7. The van der Waals surface area contributed by atoms with E-state index in [1.807, 2.05) is 0 Å². The molecule has 18 heavy (non-hydrogen) atoms. The van der Waals surface area contributed by atoms with Crippen LogP contribution in [0, 0.1) is 0 Å². The quantitative estimate of drug-likeness (QED) is 0.595. The van der Waals surface area contributed by atoms with Crippen LogP contribution in [0.3, 0.4) is 0 Å². The molecule has 0 aromatic heterocycles. The van der Waals surface area contributed by atoms with E-state index in [9.17, 15) is 4.79 Å². The maximum absolute atomic E-state index is 11.7. The Morgan fingerprint density at radius 2 is 2.33 bits per heavy atom. The van der Waals surface area contributed by atoms with Crippen molar-refractivity contribution in [2.45, 2.75) is 6.42 Å². The van der Waals surface area contributed by atoms with Gasteiger partial charge < -0.3 is 15.8 Å². The second kappa shape index (κ2) is 8.39. The van der Waals surface area contributed by atoms with Crippen LogP contribution in [0.2, 0.25) is 0 Å². The van der Waals surface area contributed by atoms with Gasteiger partial charge in [0.25, 0.3) is 0 Å². The lowest BCUT2D eigenvalue weighted by atomic mass is 10.3. The van der Waals surface area contributed by atoms with Crippen molar-refractivity contribution in [2.75, 3.05) is 36.3 Å². The summed E-state index contributed by atoms with van der Waals surface area (Å²) in [5, 5.41) is 2.83. The topological polar surface area (TPSA) is 64.3 Å². The van der Waals surface area contributed by atoms with Crippen LogP contribution in [-0.4, -0.2) is 31.1 Å². The van der Waals surface area contributed by atoms with Crippen molar-refractivity contribution >= 4 is 45.0 Å². The van der Waals surface area contributed by atoms with Gasteiger partial charge in [-0.1, -0.05) is 0 Å². The van der Waals surface area contributed by atoms with Crippen LogP contribution < -0.4 is 11.1 Å². The van der Waals surface area contributed by atoms with E-state index < -0.39 is 0 Å². The molecule has 1 aromatic carbocycles. The summed E-state index contributed by atoms with van der Waals surface area (Å²) in [7, 11) is 1.68. The number of ether oxygens (including phenoxy) is 1. The largest absolute Gasteiger partial charge is 0.399 e. The van der Waals surface area contributed by atoms with Gasteiger partial charge in [0.1, 0.15) is 0 Å². The lowest BCUT2D eigenvalue weighted by molar-refractivity contribution is -0.113. The number of thioether (sulfide) groups is 1. The van der Waals surface area contributed by atoms with E-state index in [0.29, 0.717) is 11.4 Å². The van der Waals surface area contributed by atoms with Crippen LogP contribution in [0.5, 0.6) is 0 Å². The predicted octanol–water partition coefficient (Wildman–Crippen LogP) is 2.74. The number of nitrogen functional groups attached to an aromatic ring is 1. The fraction of sp³-hybridized carbons (Fsp3) is 0.417. The molecule has 1 amide bonds. The smallest absolute Gasteiger partial charge is 0.234 e. The van der Waals surface area contributed by atoms with Gasteiger partial charge in [-0.2, -0.15) is 11.8 Å². The van der Waals surface area contributed by atoms with Gasteiger partial charge in [0.05, 0.1) is 11.4 Å². The first kappa shape index (κ1) is 15.3. The zero-order valence-corrected chi connectivity index (χ0v) is 12.6. The normalized spacial score (nSPS) is 10.3. The molecule has 0 saturated carbocycles. The third-order valence-corrected chi connectivity index (χ3v) is 3.84. The summed E-state index contributed by atoms with van der Waals surface area (Å²) >= 11 is 4.96. The van der Waals surface area contributed by atoms with Crippen molar-refractivity contribution < 1.29 is 9.53 Å². The maximum atomic E-state index is 11.7. The summed E-state index contributed by atoms with van der Waals surface area (Å²) in [5.74, 6) is 1.35. The maximum Gasteiger partial charge on any atom is 0.234 e. The molecule has 0 heterocycles. The number of halogens is 1. The van der Waals surface area contributed by atoms with Crippen LogP contribution in [-0.2, 0) is 9.53 Å². The molecule has 100 valence electrons. The highest BCUT2D eigenvalue weighted by Crippen LogP contribution is 2.24. The summed E-state index contributed by atoms with van der Waals surface area (Å²) in [6, 6.07) is 5.31. The summed E-state index contributed by atoms with van der Waals surface area (Å²) in [5.41, 5.74) is 7.03. The summed E-state index contributed by atoms with van der Waals surface area (Å²) in [6.07, 6.45) is 0.958. The molecule has 0 fully saturated rings. The molecule has 4 nitrogen and oxygen atoms in total. The number of benzene rings is 1. The minimum absolute atomic E-state index is 0.0112. The number of nitrogens with two attached hydrogens (primary N) is 1. The first-order chi connectivity index (χ1) is 8.63. The molecule has 0 saturated heterocycles. The third-order valence-electron chi connectivity index (χ3n) is 2.14. The van der Waals surface area contributed by atoms with E-state index in [4.69, 9.17) is 10.5 Å². The van der Waals surface area contributed by atoms with E-state index >= 15 is 0 Å². The molecular weight excluding hydrogens is 316 g/mol. The molecule has 1 aromatic rings. The first-order valence-corrected chi connectivity index (χ1v) is 7.50. The van der Waals surface area contributed by atoms with Crippen LogP contribution >= 0.6 is 27.7 Å². The van der Waals surface area contributed by atoms with E-state index in [2.05, 4.69) is 21.2 Å². The molecule has 0 aliphatic heterocycles. The molecule has 0 aliphatic rings. The molecule has 3 N–H and O–H groups in total. The molecule has 0 atom stereocenters. The minimum atomic E-state index is -0.0112. The first-order valence-electron chi connectivity index (χ1n) is 5.55. The van der Waals surface area contributed by atoms with E-state index in [-0.39, 0.29) is 5.91 Å². The van der Waals surface area contributed by atoms with Crippen molar-refractivity contribution in [3.05, 3.63) is 22.7 Å². The van der Waals surface area contributed by atoms with E-state index in [1.54, 1.807) is 37.1 Å². The van der Waals surface area contributed by atoms with Gasteiger partial charge in [0.15, 0.2) is 0 Å². The standard InChI is InChI=1S/C12H17BrN2O2S/c1-17-5-2-6-18-8-12(16)15-11-4-3-9(14)7-10(11)13/h3-4,7H,2,5-6,8,14H2,1H3,(H,15,16). The van der Waals surface area contributed by atoms with Crippen molar-refractivity contribution in [3.8, 4) is 0 Å². The number of anilines is 2. The predicted molar refractivity (Wildman–Crippen MR) is 81.0 cm³/mol. The number of carbonyl (C=O) groups is 1. The Hall–Kier alpha value is -0.720. The van der Waals surface area contributed by atoms with Gasteiger partial charge in [-0.3, -0.25) is 4.79 Å². The fourth-order valence-electron chi connectivity index (χ4n) is 1.29. The van der Waals surface area contributed by atoms with Gasteiger partial charge in [-0.05, 0) is 46.3 Å². The molecule has 0 spiro atoms. The van der Waals surface area contributed by atoms with Crippen LogP contribution in [0.25, 0.3) is 0 Å². The monoisotopic (exact) mass is 332 g/mol. The van der Waals surface area contributed by atoms with Crippen molar-refractivity contribution in [1.82, 2.24) is 0 Å². The van der Waals surface area contributed by atoms with Crippen LogP contribution in [0.4, 0.5) is 11.4 Å². The van der Waals surface area contributed by atoms with Crippen molar-refractivity contribution in [3.63, 3.8) is 0 Å². The Balaban J connectivity index is 2.31. The molecular formula is C12H17BrN2O2S.